The first kappa shape index (κ1) is 17.2. The number of benzene rings is 2. The van der Waals surface area contributed by atoms with Gasteiger partial charge in [-0.1, -0.05) is 42.5 Å². The average molecular weight is 334 g/mol. The third-order valence-corrected chi connectivity index (χ3v) is 4.70. The van der Waals surface area contributed by atoms with E-state index < -0.39 is 22.2 Å². The quantitative estimate of drug-likeness (QED) is 0.600. The third-order valence-electron chi connectivity index (χ3n) is 3.22. The molecule has 0 N–H and O–H groups in total. The van der Waals surface area contributed by atoms with Gasteiger partial charge in [-0.15, -0.1) is 0 Å². The molecule has 0 bridgehead atoms. The van der Waals surface area contributed by atoms with Crippen molar-refractivity contribution in [1.29, 1.82) is 0 Å². The molecular formula is C17H18O5S. The fourth-order valence-corrected chi connectivity index (χ4v) is 3.48. The van der Waals surface area contributed by atoms with Gasteiger partial charge >= 0.3 is 5.97 Å². The molecule has 0 spiro atoms. The molecule has 0 saturated heterocycles. The molecule has 0 fully saturated rings. The van der Waals surface area contributed by atoms with Crippen LogP contribution in [0.1, 0.15) is 22.8 Å². The molecule has 0 saturated carbocycles. The van der Waals surface area contributed by atoms with Gasteiger partial charge in [-0.3, -0.25) is 4.18 Å². The second-order valence-electron chi connectivity index (χ2n) is 5.04. The summed E-state index contributed by atoms with van der Waals surface area (Å²) in [4.78, 5) is 11.5. The molecule has 0 aromatic heterocycles. The van der Waals surface area contributed by atoms with Crippen LogP contribution in [0.2, 0.25) is 0 Å². The standard InChI is InChI=1S/C17H18O5S/c1-13(12-14-8-4-3-5-9-14)22-23(19,20)16-11-7-6-10-15(16)17(18)21-2/h3-11,13H,12H2,1-2H3. The van der Waals surface area contributed by atoms with Crippen molar-refractivity contribution in [2.45, 2.75) is 24.3 Å². The number of methoxy groups -OCH3 is 1. The summed E-state index contributed by atoms with van der Waals surface area (Å²) >= 11 is 0. The first-order valence-electron chi connectivity index (χ1n) is 7.08. The van der Waals surface area contributed by atoms with Gasteiger partial charge in [0, 0.05) is 0 Å². The summed E-state index contributed by atoms with van der Waals surface area (Å²) in [7, 11) is -2.87. The minimum Gasteiger partial charge on any atom is -0.465 e. The number of ether oxygens (including phenoxy) is 1. The number of esters is 1. The summed E-state index contributed by atoms with van der Waals surface area (Å²) in [6, 6.07) is 15.3. The fraction of sp³-hybridized carbons (Fsp3) is 0.235. The highest BCUT2D eigenvalue weighted by atomic mass is 32.2. The lowest BCUT2D eigenvalue weighted by Gasteiger charge is -2.14. The topological polar surface area (TPSA) is 69.7 Å². The number of carbonyl (C=O) groups excluding carboxylic acids is 1. The van der Waals surface area contributed by atoms with Gasteiger partial charge in [0.05, 0.1) is 18.8 Å². The molecule has 1 unspecified atom stereocenters. The Bertz CT molecular complexity index is 769. The molecule has 2 aromatic carbocycles. The number of hydrogen-bond acceptors (Lipinski definition) is 5. The minimum atomic E-state index is -4.07. The van der Waals surface area contributed by atoms with E-state index in [1.54, 1.807) is 13.0 Å². The number of carbonyl (C=O) groups is 1. The van der Waals surface area contributed by atoms with Crippen LogP contribution < -0.4 is 0 Å². The van der Waals surface area contributed by atoms with Crippen molar-refractivity contribution in [2.75, 3.05) is 7.11 Å². The average Bonchev–Trinajstić information content (AvgIpc) is 2.54. The lowest BCUT2D eigenvalue weighted by Crippen LogP contribution is -2.20. The lowest BCUT2D eigenvalue weighted by atomic mass is 10.1. The maximum Gasteiger partial charge on any atom is 0.339 e. The molecule has 1 atom stereocenters. The first-order valence-corrected chi connectivity index (χ1v) is 8.49. The summed E-state index contributed by atoms with van der Waals surface area (Å²) in [5, 5.41) is 0. The van der Waals surface area contributed by atoms with E-state index in [1.807, 2.05) is 30.3 Å². The molecule has 2 rings (SSSR count). The van der Waals surface area contributed by atoms with E-state index in [9.17, 15) is 13.2 Å². The zero-order valence-electron chi connectivity index (χ0n) is 12.9. The smallest absolute Gasteiger partial charge is 0.339 e. The third kappa shape index (κ3) is 4.40. The molecule has 2 aromatic rings. The summed E-state index contributed by atoms with van der Waals surface area (Å²) in [5.74, 6) is -0.719. The van der Waals surface area contributed by atoms with Crippen LogP contribution in [0.4, 0.5) is 0 Å². The van der Waals surface area contributed by atoms with Gasteiger partial charge in [0.15, 0.2) is 0 Å². The van der Waals surface area contributed by atoms with Crippen LogP contribution in [0.25, 0.3) is 0 Å². The van der Waals surface area contributed by atoms with Crippen LogP contribution in [-0.4, -0.2) is 27.6 Å². The van der Waals surface area contributed by atoms with Gasteiger partial charge in [-0.25, -0.2) is 4.79 Å². The van der Waals surface area contributed by atoms with Crippen molar-refractivity contribution in [3.8, 4) is 0 Å². The van der Waals surface area contributed by atoms with E-state index in [0.717, 1.165) is 5.56 Å². The zero-order valence-corrected chi connectivity index (χ0v) is 13.7. The number of hydrogen-bond donors (Lipinski definition) is 0. The normalized spacial score (nSPS) is 12.6. The molecule has 0 amide bonds. The Balaban J connectivity index is 2.21. The second-order valence-corrected chi connectivity index (χ2v) is 6.58. The summed E-state index contributed by atoms with van der Waals surface area (Å²) in [6.07, 6.45) is -0.117. The lowest BCUT2D eigenvalue weighted by molar-refractivity contribution is 0.0595. The zero-order chi connectivity index (χ0) is 16.9. The van der Waals surface area contributed by atoms with Crippen molar-refractivity contribution in [3.05, 3.63) is 65.7 Å². The molecular weight excluding hydrogens is 316 g/mol. The molecule has 0 heterocycles. The fourth-order valence-electron chi connectivity index (χ4n) is 2.21. The van der Waals surface area contributed by atoms with Gasteiger partial charge in [0.2, 0.25) is 0 Å². The molecule has 0 radical (unpaired) electrons. The van der Waals surface area contributed by atoms with E-state index in [-0.39, 0.29) is 10.5 Å². The summed E-state index contributed by atoms with van der Waals surface area (Å²) in [6.45, 7) is 1.67. The Morgan fingerprint density at radius 1 is 1.04 bits per heavy atom. The Labute approximate surface area is 136 Å². The van der Waals surface area contributed by atoms with Gasteiger partial charge in [0.25, 0.3) is 10.1 Å². The minimum absolute atomic E-state index is 0.0399. The Kier molecular flexibility index (Phi) is 5.52. The van der Waals surface area contributed by atoms with Crippen molar-refractivity contribution < 1.29 is 22.1 Å². The van der Waals surface area contributed by atoms with Gasteiger partial charge in [-0.05, 0) is 31.0 Å². The molecule has 0 aliphatic rings. The van der Waals surface area contributed by atoms with Gasteiger partial charge in [-0.2, -0.15) is 8.42 Å². The molecule has 0 aliphatic heterocycles. The molecule has 5 nitrogen and oxygen atoms in total. The van der Waals surface area contributed by atoms with Crippen LogP contribution in [0.5, 0.6) is 0 Å². The maximum absolute atomic E-state index is 12.4. The van der Waals surface area contributed by atoms with Crippen molar-refractivity contribution in [3.63, 3.8) is 0 Å². The predicted molar refractivity (Wildman–Crippen MR) is 85.7 cm³/mol. The van der Waals surface area contributed by atoms with Crippen LogP contribution in [0, 0.1) is 0 Å². The van der Waals surface area contributed by atoms with E-state index >= 15 is 0 Å². The number of rotatable bonds is 6. The highest BCUT2D eigenvalue weighted by molar-refractivity contribution is 7.86. The van der Waals surface area contributed by atoms with E-state index in [2.05, 4.69) is 4.74 Å². The van der Waals surface area contributed by atoms with Crippen molar-refractivity contribution in [2.24, 2.45) is 0 Å². The largest absolute Gasteiger partial charge is 0.465 e. The molecule has 6 heteroatoms. The monoisotopic (exact) mass is 334 g/mol. The molecule has 23 heavy (non-hydrogen) atoms. The molecule has 122 valence electrons. The maximum atomic E-state index is 12.4. The van der Waals surface area contributed by atoms with E-state index in [1.165, 1.54) is 25.3 Å². The van der Waals surface area contributed by atoms with Crippen LogP contribution in [0.15, 0.2) is 59.5 Å². The summed E-state index contributed by atoms with van der Waals surface area (Å²) < 4.78 is 34.7. The van der Waals surface area contributed by atoms with Crippen LogP contribution in [0.3, 0.4) is 0 Å². The summed E-state index contributed by atoms with van der Waals surface area (Å²) in [5.41, 5.74) is 0.929. The second kappa shape index (κ2) is 7.39. The van der Waals surface area contributed by atoms with Gasteiger partial charge < -0.3 is 4.74 Å². The van der Waals surface area contributed by atoms with Gasteiger partial charge in [0.1, 0.15) is 4.90 Å². The molecule has 0 aliphatic carbocycles. The van der Waals surface area contributed by atoms with E-state index in [0.29, 0.717) is 6.42 Å². The van der Waals surface area contributed by atoms with Crippen LogP contribution in [-0.2, 0) is 25.5 Å². The SMILES string of the molecule is COC(=O)c1ccccc1S(=O)(=O)OC(C)Cc1ccccc1. The van der Waals surface area contributed by atoms with Crippen molar-refractivity contribution in [1.82, 2.24) is 0 Å². The Morgan fingerprint density at radius 3 is 2.30 bits per heavy atom. The Morgan fingerprint density at radius 2 is 1.65 bits per heavy atom. The Hall–Kier alpha value is -2.18. The highest BCUT2D eigenvalue weighted by Crippen LogP contribution is 2.21. The van der Waals surface area contributed by atoms with E-state index in [4.69, 9.17) is 4.18 Å². The van der Waals surface area contributed by atoms with Crippen LogP contribution >= 0.6 is 0 Å². The highest BCUT2D eigenvalue weighted by Gasteiger charge is 2.25. The van der Waals surface area contributed by atoms with Crippen molar-refractivity contribution >= 4 is 16.1 Å². The predicted octanol–water partition coefficient (Wildman–Crippen LogP) is 2.81. The first-order chi connectivity index (χ1) is 10.9.